The van der Waals surface area contributed by atoms with Crippen molar-refractivity contribution < 1.29 is 10.0 Å². The number of hydrogen-bond donors (Lipinski definition) is 2. The molecular weight excluding hydrogens is 242 g/mol. The van der Waals surface area contributed by atoms with E-state index in [2.05, 4.69) is 11.5 Å². The average Bonchev–Trinajstić information content (AvgIpc) is 2.39. The molecule has 0 unspecified atom stereocenters. The Morgan fingerprint density at radius 3 is 3.05 bits per heavy atom. The van der Waals surface area contributed by atoms with Crippen LogP contribution in [0.2, 0.25) is 0 Å². The summed E-state index contributed by atoms with van der Waals surface area (Å²) in [6.45, 7) is 5.75. The minimum Gasteiger partial charge on any atom is -0.368 e. The van der Waals surface area contributed by atoms with Crippen molar-refractivity contribution in [2.45, 2.75) is 19.4 Å². The molecule has 1 aromatic carbocycles. The minimum absolute atomic E-state index is 0.115. The molecule has 0 atom stereocenters. The van der Waals surface area contributed by atoms with Crippen LogP contribution in [0.1, 0.15) is 17.5 Å². The van der Waals surface area contributed by atoms with Crippen molar-refractivity contribution in [3.63, 3.8) is 0 Å². The van der Waals surface area contributed by atoms with Crippen molar-refractivity contribution in [1.29, 1.82) is 0 Å². The summed E-state index contributed by atoms with van der Waals surface area (Å²) in [6, 6.07) is 5.12. The molecule has 0 fully saturated rings. The van der Waals surface area contributed by atoms with Gasteiger partial charge in [0.15, 0.2) is 0 Å². The summed E-state index contributed by atoms with van der Waals surface area (Å²) >= 11 is 0. The van der Waals surface area contributed by atoms with E-state index in [4.69, 9.17) is 5.73 Å². The molecule has 2 amide bonds. The second-order valence-electron chi connectivity index (χ2n) is 4.70. The van der Waals surface area contributed by atoms with Gasteiger partial charge in [-0.15, -0.1) is 6.58 Å². The van der Waals surface area contributed by atoms with E-state index in [1.165, 1.54) is 11.3 Å². The van der Waals surface area contributed by atoms with Crippen molar-refractivity contribution in [3.05, 3.63) is 42.0 Å². The van der Waals surface area contributed by atoms with Crippen LogP contribution < -0.4 is 10.6 Å². The maximum Gasteiger partial charge on any atom is 0.338 e. The number of anilines is 1. The average molecular weight is 261 g/mol. The van der Waals surface area contributed by atoms with E-state index >= 15 is 0 Å². The molecule has 3 N–H and O–H groups in total. The summed E-state index contributed by atoms with van der Waals surface area (Å²) in [5.41, 5.74) is 8.32. The van der Waals surface area contributed by atoms with Crippen molar-refractivity contribution in [3.8, 4) is 0 Å². The molecule has 0 aliphatic carbocycles. The molecule has 0 saturated carbocycles. The van der Waals surface area contributed by atoms with Crippen LogP contribution in [0.25, 0.3) is 0 Å². The minimum atomic E-state index is -0.842. The van der Waals surface area contributed by atoms with Crippen LogP contribution in [0.5, 0.6) is 0 Å². The third kappa shape index (κ3) is 3.06. The third-order valence-corrected chi connectivity index (χ3v) is 3.29. The lowest BCUT2D eigenvalue weighted by molar-refractivity contribution is -0.0470. The largest absolute Gasteiger partial charge is 0.368 e. The van der Waals surface area contributed by atoms with Gasteiger partial charge in [0.2, 0.25) is 0 Å². The molecule has 19 heavy (non-hydrogen) atoms. The van der Waals surface area contributed by atoms with Crippen molar-refractivity contribution >= 4 is 11.7 Å². The molecular formula is C14H19N3O2. The van der Waals surface area contributed by atoms with Gasteiger partial charge in [0, 0.05) is 18.8 Å². The van der Waals surface area contributed by atoms with E-state index in [1.54, 1.807) is 0 Å². The Balaban J connectivity index is 2.19. The number of hydrogen-bond acceptors (Lipinski definition) is 3. The van der Waals surface area contributed by atoms with Crippen LogP contribution in [0.4, 0.5) is 10.5 Å². The molecule has 1 aliphatic rings. The van der Waals surface area contributed by atoms with Crippen molar-refractivity contribution in [2.75, 3.05) is 18.0 Å². The van der Waals surface area contributed by atoms with Crippen LogP contribution in [-0.4, -0.2) is 29.4 Å². The number of nitrogens with two attached hydrogens (primary N) is 1. The summed E-state index contributed by atoms with van der Waals surface area (Å²) in [5.74, 6) is 0. The molecule has 1 aliphatic heterocycles. The number of rotatable bonds is 4. The van der Waals surface area contributed by atoms with E-state index in [0.717, 1.165) is 31.5 Å². The van der Waals surface area contributed by atoms with Crippen LogP contribution in [0, 0.1) is 0 Å². The number of benzene rings is 1. The molecule has 0 aromatic heterocycles. The summed E-state index contributed by atoms with van der Waals surface area (Å²) < 4.78 is 0. The number of aryl methyl sites for hydroxylation is 1. The molecule has 0 saturated heterocycles. The molecule has 2 rings (SSSR count). The number of urea groups is 1. The fourth-order valence-electron chi connectivity index (χ4n) is 2.42. The SMILES string of the molecule is C=CCN1CCCc2cc(CN(O)C(N)=O)ccc21. The first-order chi connectivity index (χ1) is 9.11. The predicted octanol–water partition coefficient (Wildman–Crippen LogP) is 1.90. The Morgan fingerprint density at radius 1 is 1.58 bits per heavy atom. The van der Waals surface area contributed by atoms with Crippen LogP contribution in [0.15, 0.2) is 30.9 Å². The van der Waals surface area contributed by atoms with E-state index in [0.29, 0.717) is 5.06 Å². The van der Waals surface area contributed by atoms with Gasteiger partial charge in [0.1, 0.15) is 0 Å². The molecule has 5 heteroatoms. The number of fused-ring (bicyclic) bond motifs is 1. The monoisotopic (exact) mass is 261 g/mol. The first kappa shape index (κ1) is 13.4. The highest BCUT2D eigenvalue weighted by Gasteiger charge is 2.16. The zero-order valence-electron chi connectivity index (χ0n) is 10.9. The van der Waals surface area contributed by atoms with E-state index in [9.17, 15) is 10.0 Å². The highest BCUT2D eigenvalue weighted by Crippen LogP contribution is 2.28. The van der Waals surface area contributed by atoms with E-state index in [-0.39, 0.29) is 6.54 Å². The van der Waals surface area contributed by atoms with Gasteiger partial charge in [-0.05, 0) is 30.0 Å². The highest BCUT2D eigenvalue weighted by molar-refractivity contribution is 5.70. The van der Waals surface area contributed by atoms with Gasteiger partial charge >= 0.3 is 6.03 Å². The number of carbonyl (C=O) groups excluding carboxylic acids is 1. The maximum atomic E-state index is 10.8. The standard InChI is InChI=1S/C14H19N3O2/c1-2-7-16-8-3-4-12-9-11(5-6-13(12)16)10-17(19)14(15)18/h2,5-6,9,19H,1,3-4,7-8,10H2,(H2,15,18). The first-order valence-corrected chi connectivity index (χ1v) is 6.35. The lowest BCUT2D eigenvalue weighted by atomic mass is 9.99. The number of amides is 2. The van der Waals surface area contributed by atoms with Gasteiger partial charge in [-0.1, -0.05) is 18.2 Å². The number of nitrogens with zero attached hydrogens (tertiary/aromatic N) is 2. The van der Waals surface area contributed by atoms with Crippen LogP contribution in [0.3, 0.4) is 0 Å². The van der Waals surface area contributed by atoms with Crippen LogP contribution in [-0.2, 0) is 13.0 Å². The van der Waals surface area contributed by atoms with E-state index in [1.807, 2.05) is 24.3 Å². The van der Waals surface area contributed by atoms with Crippen molar-refractivity contribution in [2.24, 2.45) is 5.73 Å². The summed E-state index contributed by atoms with van der Waals surface area (Å²) in [4.78, 5) is 13.1. The molecule has 102 valence electrons. The lowest BCUT2D eigenvalue weighted by Gasteiger charge is -2.30. The van der Waals surface area contributed by atoms with Crippen molar-refractivity contribution in [1.82, 2.24) is 5.06 Å². The molecule has 5 nitrogen and oxygen atoms in total. The Kier molecular flexibility index (Phi) is 4.06. The normalized spacial score (nSPS) is 13.8. The fraction of sp³-hybridized carbons (Fsp3) is 0.357. The van der Waals surface area contributed by atoms with Gasteiger partial charge in [0.25, 0.3) is 0 Å². The number of hydroxylamine groups is 2. The van der Waals surface area contributed by atoms with E-state index < -0.39 is 6.03 Å². The van der Waals surface area contributed by atoms with Crippen LogP contribution >= 0.6 is 0 Å². The predicted molar refractivity (Wildman–Crippen MR) is 74.1 cm³/mol. The molecule has 1 aromatic rings. The van der Waals surface area contributed by atoms with Gasteiger partial charge in [-0.25, -0.2) is 9.86 Å². The lowest BCUT2D eigenvalue weighted by Crippen LogP contribution is -2.32. The second kappa shape index (κ2) is 5.75. The zero-order valence-corrected chi connectivity index (χ0v) is 10.9. The Hall–Kier alpha value is -2.01. The Labute approximate surface area is 112 Å². The molecule has 0 radical (unpaired) electrons. The Morgan fingerprint density at radius 2 is 2.37 bits per heavy atom. The Bertz CT molecular complexity index is 488. The first-order valence-electron chi connectivity index (χ1n) is 6.35. The third-order valence-electron chi connectivity index (χ3n) is 3.29. The smallest absolute Gasteiger partial charge is 0.338 e. The molecule has 0 spiro atoms. The molecule has 0 bridgehead atoms. The van der Waals surface area contributed by atoms with Gasteiger partial charge in [-0.2, -0.15) is 0 Å². The molecule has 1 heterocycles. The van der Waals surface area contributed by atoms with Gasteiger partial charge in [0.05, 0.1) is 6.54 Å². The summed E-state index contributed by atoms with van der Waals surface area (Å²) in [6.07, 6.45) is 4.01. The number of primary amides is 1. The topological polar surface area (TPSA) is 69.8 Å². The summed E-state index contributed by atoms with van der Waals surface area (Å²) in [7, 11) is 0. The van der Waals surface area contributed by atoms with Gasteiger partial charge in [-0.3, -0.25) is 5.21 Å². The fourth-order valence-corrected chi connectivity index (χ4v) is 2.42. The highest BCUT2D eigenvalue weighted by atomic mass is 16.5. The second-order valence-corrected chi connectivity index (χ2v) is 4.70. The zero-order chi connectivity index (χ0) is 13.8. The quantitative estimate of drug-likeness (QED) is 0.494. The number of carbonyl (C=O) groups is 1. The maximum absolute atomic E-state index is 10.8. The van der Waals surface area contributed by atoms with Gasteiger partial charge < -0.3 is 10.6 Å². The summed E-state index contributed by atoms with van der Waals surface area (Å²) in [5, 5.41) is 9.88.